The summed E-state index contributed by atoms with van der Waals surface area (Å²) < 4.78 is 10.4. The van der Waals surface area contributed by atoms with Crippen molar-refractivity contribution in [3.63, 3.8) is 0 Å². The predicted octanol–water partition coefficient (Wildman–Crippen LogP) is 5.35. The van der Waals surface area contributed by atoms with Crippen molar-refractivity contribution in [2.75, 3.05) is 6.61 Å². The van der Waals surface area contributed by atoms with Gasteiger partial charge in [0.05, 0.1) is 12.2 Å². The molecule has 0 radical (unpaired) electrons. The fourth-order valence-corrected chi connectivity index (χ4v) is 2.77. The van der Waals surface area contributed by atoms with Gasteiger partial charge in [-0.3, -0.25) is 0 Å². The summed E-state index contributed by atoms with van der Waals surface area (Å²) in [6, 6.07) is 13.2. The van der Waals surface area contributed by atoms with Gasteiger partial charge >= 0.3 is 11.9 Å². The Bertz CT molecular complexity index is 806. The van der Waals surface area contributed by atoms with Crippen molar-refractivity contribution in [1.29, 1.82) is 0 Å². The summed E-state index contributed by atoms with van der Waals surface area (Å²) in [5.41, 5.74) is 4.01. The van der Waals surface area contributed by atoms with E-state index in [0.29, 0.717) is 17.9 Å². The van der Waals surface area contributed by atoms with Crippen LogP contribution in [0.15, 0.2) is 55.1 Å². The molecule has 0 saturated carbocycles. The van der Waals surface area contributed by atoms with Crippen molar-refractivity contribution in [3.05, 3.63) is 77.4 Å². The second-order valence-corrected chi connectivity index (χ2v) is 6.87. The SMILES string of the molecule is C=CC(=O)OCCCCCCc1ccc(C(=O)Oc2ccc(C)c(C)c2)cc1. The molecule has 0 unspecified atom stereocenters. The van der Waals surface area contributed by atoms with Crippen LogP contribution in [0, 0.1) is 13.8 Å². The largest absolute Gasteiger partial charge is 0.463 e. The highest BCUT2D eigenvalue weighted by Crippen LogP contribution is 2.18. The number of benzene rings is 2. The first-order valence-electron chi connectivity index (χ1n) is 9.67. The lowest BCUT2D eigenvalue weighted by atomic mass is 10.0. The molecule has 148 valence electrons. The lowest BCUT2D eigenvalue weighted by molar-refractivity contribution is -0.137. The molecule has 0 N–H and O–H groups in total. The number of aryl methyl sites for hydroxylation is 3. The summed E-state index contributed by atoms with van der Waals surface area (Å²) in [5, 5.41) is 0. The average Bonchev–Trinajstić information content (AvgIpc) is 2.70. The molecule has 0 aliphatic heterocycles. The van der Waals surface area contributed by atoms with Crippen LogP contribution in [-0.2, 0) is 16.0 Å². The lowest BCUT2D eigenvalue weighted by Crippen LogP contribution is -2.08. The Morgan fingerprint density at radius 3 is 2.32 bits per heavy atom. The normalized spacial score (nSPS) is 10.4. The van der Waals surface area contributed by atoms with Gasteiger partial charge in [0, 0.05) is 6.08 Å². The van der Waals surface area contributed by atoms with E-state index in [2.05, 4.69) is 6.58 Å². The van der Waals surface area contributed by atoms with Crippen LogP contribution in [-0.4, -0.2) is 18.5 Å². The van der Waals surface area contributed by atoms with Crippen molar-refractivity contribution in [1.82, 2.24) is 0 Å². The van der Waals surface area contributed by atoms with Gasteiger partial charge in [0.15, 0.2) is 0 Å². The van der Waals surface area contributed by atoms with E-state index in [9.17, 15) is 9.59 Å². The number of carbonyl (C=O) groups is 2. The minimum Gasteiger partial charge on any atom is -0.463 e. The third-order valence-corrected chi connectivity index (χ3v) is 4.65. The molecular weight excluding hydrogens is 352 g/mol. The maximum atomic E-state index is 12.3. The van der Waals surface area contributed by atoms with Gasteiger partial charge in [-0.1, -0.05) is 37.6 Å². The standard InChI is InChI=1S/C24H28O4/c1-4-23(25)27-16-8-6-5-7-9-20-11-13-21(14-12-20)24(26)28-22-15-10-18(2)19(3)17-22/h4,10-15,17H,1,5-9,16H2,2-3H3. The van der Waals surface area contributed by atoms with Crippen LogP contribution >= 0.6 is 0 Å². The second kappa shape index (κ2) is 11.1. The van der Waals surface area contributed by atoms with Crippen LogP contribution in [0.25, 0.3) is 0 Å². The summed E-state index contributed by atoms with van der Waals surface area (Å²) in [4.78, 5) is 23.2. The Labute approximate surface area is 167 Å². The first-order chi connectivity index (χ1) is 13.5. The Hall–Kier alpha value is -2.88. The molecule has 4 heteroatoms. The van der Waals surface area contributed by atoms with E-state index < -0.39 is 0 Å². The van der Waals surface area contributed by atoms with E-state index in [1.165, 1.54) is 17.2 Å². The molecule has 0 atom stereocenters. The zero-order valence-corrected chi connectivity index (χ0v) is 16.7. The van der Waals surface area contributed by atoms with Gasteiger partial charge in [-0.15, -0.1) is 0 Å². The van der Waals surface area contributed by atoms with Crippen LogP contribution in [0.1, 0.15) is 52.7 Å². The molecule has 2 aromatic carbocycles. The van der Waals surface area contributed by atoms with Gasteiger partial charge in [-0.05, 0) is 74.1 Å². The summed E-state index contributed by atoms with van der Waals surface area (Å²) in [6.07, 6.45) is 6.15. The third kappa shape index (κ3) is 7.03. The Morgan fingerprint density at radius 1 is 0.929 bits per heavy atom. The topological polar surface area (TPSA) is 52.6 Å². The number of ether oxygens (including phenoxy) is 2. The number of carbonyl (C=O) groups excluding carboxylic acids is 2. The zero-order valence-electron chi connectivity index (χ0n) is 16.7. The van der Waals surface area contributed by atoms with Gasteiger partial charge in [0.2, 0.25) is 0 Å². The minimum absolute atomic E-state index is 0.344. The molecule has 0 fully saturated rings. The first-order valence-corrected chi connectivity index (χ1v) is 9.67. The molecule has 2 rings (SSSR count). The van der Waals surface area contributed by atoms with Crippen molar-refractivity contribution in [3.8, 4) is 5.75 Å². The monoisotopic (exact) mass is 380 g/mol. The molecule has 4 nitrogen and oxygen atoms in total. The highest BCUT2D eigenvalue weighted by molar-refractivity contribution is 5.91. The Kier molecular flexibility index (Phi) is 8.47. The second-order valence-electron chi connectivity index (χ2n) is 6.87. The third-order valence-electron chi connectivity index (χ3n) is 4.65. The number of hydrogen-bond donors (Lipinski definition) is 0. The lowest BCUT2D eigenvalue weighted by Gasteiger charge is -2.08. The number of hydrogen-bond acceptors (Lipinski definition) is 4. The van der Waals surface area contributed by atoms with E-state index >= 15 is 0 Å². The quantitative estimate of drug-likeness (QED) is 0.241. The average molecular weight is 380 g/mol. The molecule has 0 amide bonds. The maximum Gasteiger partial charge on any atom is 0.343 e. The Morgan fingerprint density at radius 2 is 1.64 bits per heavy atom. The zero-order chi connectivity index (χ0) is 20.4. The van der Waals surface area contributed by atoms with Gasteiger partial charge in [0.1, 0.15) is 5.75 Å². The molecule has 28 heavy (non-hydrogen) atoms. The number of rotatable bonds is 10. The maximum absolute atomic E-state index is 12.3. The number of unbranched alkanes of at least 4 members (excludes halogenated alkanes) is 3. The summed E-state index contributed by atoms with van der Waals surface area (Å²) in [7, 11) is 0. The fraction of sp³-hybridized carbons (Fsp3) is 0.333. The van der Waals surface area contributed by atoms with Crippen LogP contribution in [0.5, 0.6) is 5.75 Å². The predicted molar refractivity (Wildman–Crippen MR) is 111 cm³/mol. The first kappa shape index (κ1) is 21.4. The van der Waals surface area contributed by atoms with Crippen LogP contribution < -0.4 is 4.74 Å². The van der Waals surface area contributed by atoms with Gasteiger partial charge in [-0.25, -0.2) is 9.59 Å². The fourth-order valence-electron chi connectivity index (χ4n) is 2.77. The van der Waals surface area contributed by atoms with E-state index in [-0.39, 0.29) is 11.9 Å². The van der Waals surface area contributed by atoms with Crippen molar-refractivity contribution >= 4 is 11.9 Å². The van der Waals surface area contributed by atoms with Crippen LogP contribution in [0.2, 0.25) is 0 Å². The molecule has 0 aliphatic rings. The van der Waals surface area contributed by atoms with Gasteiger partial charge in [-0.2, -0.15) is 0 Å². The molecule has 0 aromatic heterocycles. The molecule has 0 aliphatic carbocycles. The highest BCUT2D eigenvalue weighted by atomic mass is 16.5. The smallest absolute Gasteiger partial charge is 0.343 e. The van der Waals surface area contributed by atoms with E-state index in [1.807, 2.05) is 56.3 Å². The van der Waals surface area contributed by atoms with Gasteiger partial charge < -0.3 is 9.47 Å². The molecular formula is C24H28O4. The molecule has 0 saturated heterocycles. The highest BCUT2D eigenvalue weighted by Gasteiger charge is 2.09. The summed E-state index contributed by atoms with van der Waals surface area (Å²) >= 11 is 0. The van der Waals surface area contributed by atoms with Crippen molar-refractivity contribution < 1.29 is 19.1 Å². The minimum atomic E-state index is -0.365. The van der Waals surface area contributed by atoms with Gasteiger partial charge in [0.25, 0.3) is 0 Å². The van der Waals surface area contributed by atoms with Crippen LogP contribution in [0.4, 0.5) is 0 Å². The molecule has 0 bridgehead atoms. The van der Waals surface area contributed by atoms with Crippen molar-refractivity contribution in [2.24, 2.45) is 0 Å². The van der Waals surface area contributed by atoms with Crippen molar-refractivity contribution in [2.45, 2.75) is 46.0 Å². The Balaban J connectivity index is 1.72. The molecule has 0 spiro atoms. The van der Waals surface area contributed by atoms with E-state index in [4.69, 9.17) is 9.47 Å². The van der Waals surface area contributed by atoms with E-state index in [1.54, 1.807) is 0 Å². The summed E-state index contributed by atoms with van der Waals surface area (Å²) in [6.45, 7) is 7.83. The van der Waals surface area contributed by atoms with Crippen LogP contribution in [0.3, 0.4) is 0 Å². The molecule has 2 aromatic rings. The number of esters is 2. The van der Waals surface area contributed by atoms with E-state index in [0.717, 1.165) is 37.7 Å². The molecule has 0 heterocycles. The summed E-state index contributed by atoms with van der Waals surface area (Å²) in [5.74, 6) is -0.143.